The molecule has 1 aromatic heterocycles. The Morgan fingerprint density at radius 2 is 2.47 bits per heavy atom. The van der Waals surface area contributed by atoms with Crippen LogP contribution >= 0.6 is 0 Å². The molecule has 19 heavy (non-hydrogen) atoms. The smallest absolute Gasteiger partial charge is 0.340 e. The van der Waals surface area contributed by atoms with Crippen molar-refractivity contribution in [2.24, 2.45) is 0 Å². The van der Waals surface area contributed by atoms with Gasteiger partial charge in [-0.25, -0.2) is 9.78 Å². The molecule has 0 amide bonds. The standard InChI is InChI=1S/C14H16N2O3/c1-18-14(17)10-5-2-6-11-13(10)16-12(15-11)8-9-4-3-7-19-9/h2,5-6,9H,3-4,7-8H2,1H3,(H,15,16). The summed E-state index contributed by atoms with van der Waals surface area (Å²) in [7, 11) is 1.38. The molecule has 1 fully saturated rings. The van der Waals surface area contributed by atoms with Crippen LogP contribution in [0.25, 0.3) is 11.0 Å². The van der Waals surface area contributed by atoms with Gasteiger partial charge in [0.1, 0.15) is 11.3 Å². The van der Waals surface area contributed by atoms with Crippen LogP contribution < -0.4 is 0 Å². The quantitative estimate of drug-likeness (QED) is 0.858. The third-order valence-electron chi connectivity index (χ3n) is 3.41. The first-order chi connectivity index (χ1) is 9.28. The Morgan fingerprint density at radius 1 is 1.58 bits per heavy atom. The van der Waals surface area contributed by atoms with Crippen molar-refractivity contribution >= 4 is 17.0 Å². The summed E-state index contributed by atoms with van der Waals surface area (Å²) >= 11 is 0. The molecule has 2 heterocycles. The number of hydrogen-bond donors (Lipinski definition) is 1. The van der Waals surface area contributed by atoms with E-state index in [0.29, 0.717) is 11.1 Å². The average molecular weight is 260 g/mol. The van der Waals surface area contributed by atoms with E-state index in [1.807, 2.05) is 12.1 Å². The zero-order valence-electron chi connectivity index (χ0n) is 10.8. The number of aromatic amines is 1. The number of esters is 1. The Morgan fingerprint density at radius 3 is 3.21 bits per heavy atom. The Kier molecular flexibility index (Phi) is 3.21. The lowest BCUT2D eigenvalue weighted by Crippen LogP contribution is -2.09. The van der Waals surface area contributed by atoms with Gasteiger partial charge in [0.15, 0.2) is 0 Å². The molecule has 1 aliphatic heterocycles. The first kappa shape index (κ1) is 12.2. The van der Waals surface area contributed by atoms with Crippen LogP contribution in [0.15, 0.2) is 18.2 Å². The fourth-order valence-corrected chi connectivity index (χ4v) is 2.48. The molecular formula is C14H16N2O3. The van der Waals surface area contributed by atoms with Gasteiger partial charge < -0.3 is 14.5 Å². The minimum absolute atomic E-state index is 0.238. The summed E-state index contributed by atoms with van der Waals surface area (Å²) < 4.78 is 10.4. The fourth-order valence-electron chi connectivity index (χ4n) is 2.48. The summed E-state index contributed by atoms with van der Waals surface area (Å²) in [4.78, 5) is 19.4. The molecule has 0 radical (unpaired) electrons. The number of aromatic nitrogens is 2. The van der Waals surface area contributed by atoms with E-state index in [-0.39, 0.29) is 12.1 Å². The number of nitrogens with one attached hydrogen (secondary N) is 1. The zero-order chi connectivity index (χ0) is 13.2. The number of carbonyl (C=O) groups is 1. The minimum atomic E-state index is -0.360. The summed E-state index contributed by atoms with van der Waals surface area (Å²) in [5.74, 6) is 0.499. The van der Waals surface area contributed by atoms with E-state index in [2.05, 4.69) is 9.97 Å². The normalized spacial score (nSPS) is 18.9. The van der Waals surface area contributed by atoms with Crippen molar-refractivity contribution in [1.29, 1.82) is 0 Å². The lowest BCUT2D eigenvalue weighted by Gasteiger charge is -2.05. The molecular weight excluding hydrogens is 244 g/mol. The molecule has 0 saturated carbocycles. The van der Waals surface area contributed by atoms with E-state index in [9.17, 15) is 4.79 Å². The van der Waals surface area contributed by atoms with Crippen LogP contribution in [0.2, 0.25) is 0 Å². The molecule has 0 bridgehead atoms. The molecule has 3 rings (SSSR count). The number of fused-ring (bicyclic) bond motifs is 1. The van der Waals surface area contributed by atoms with Crippen molar-refractivity contribution in [3.8, 4) is 0 Å². The summed E-state index contributed by atoms with van der Waals surface area (Å²) in [5, 5.41) is 0. The molecule has 5 heteroatoms. The predicted octanol–water partition coefficient (Wildman–Crippen LogP) is 2.07. The molecule has 1 N–H and O–H groups in total. The van der Waals surface area contributed by atoms with E-state index in [4.69, 9.17) is 9.47 Å². The molecule has 1 aliphatic rings. The number of methoxy groups -OCH3 is 1. The topological polar surface area (TPSA) is 64.2 Å². The van der Waals surface area contributed by atoms with Crippen LogP contribution in [0.4, 0.5) is 0 Å². The van der Waals surface area contributed by atoms with Crippen LogP contribution in [-0.2, 0) is 15.9 Å². The van der Waals surface area contributed by atoms with Gasteiger partial charge in [0.25, 0.3) is 0 Å². The van der Waals surface area contributed by atoms with Crippen LogP contribution in [0.1, 0.15) is 29.0 Å². The van der Waals surface area contributed by atoms with Crippen molar-refractivity contribution in [2.75, 3.05) is 13.7 Å². The molecule has 5 nitrogen and oxygen atoms in total. The first-order valence-electron chi connectivity index (χ1n) is 6.45. The van der Waals surface area contributed by atoms with Crippen LogP contribution in [0.3, 0.4) is 0 Å². The number of carbonyl (C=O) groups excluding carboxylic acids is 1. The first-order valence-corrected chi connectivity index (χ1v) is 6.45. The van der Waals surface area contributed by atoms with Crippen molar-refractivity contribution in [2.45, 2.75) is 25.4 Å². The average Bonchev–Trinajstić information content (AvgIpc) is 3.06. The van der Waals surface area contributed by atoms with E-state index in [1.54, 1.807) is 6.07 Å². The second kappa shape index (κ2) is 5.01. The second-order valence-corrected chi connectivity index (χ2v) is 4.72. The van der Waals surface area contributed by atoms with Gasteiger partial charge in [0, 0.05) is 13.0 Å². The number of benzene rings is 1. The van der Waals surface area contributed by atoms with E-state index in [0.717, 1.165) is 37.2 Å². The maximum absolute atomic E-state index is 11.7. The lowest BCUT2D eigenvalue weighted by molar-refractivity contribution is 0.0603. The van der Waals surface area contributed by atoms with Crippen LogP contribution in [0, 0.1) is 0 Å². The highest BCUT2D eigenvalue weighted by Crippen LogP contribution is 2.20. The lowest BCUT2D eigenvalue weighted by atomic mass is 10.2. The number of hydrogen-bond acceptors (Lipinski definition) is 4. The van der Waals surface area contributed by atoms with Gasteiger partial charge in [-0.15, -0.1) is 0 Å². The molecule has 1 unspecified atom stereocenters. The molecule has 1 saturated heterocycles. The SMILES string of the molecule is COC(=O)c1cccc2[nH]c(CC3CCCO3)nc12. The van der Waals surface area contributed by atoms with Gasteiger partial charge in [-0.2, -0.15) is 0 Å². The largest absolute Gasteiger partial charge is 0.465 e. The van der Waals surface area contributed by atoms with Gasteiger partial charge in [-0.3, -0.25) is 0 Å². The van der Waals surface area contributed by atoms with Gasteiger partial charge in [0.05, 0.1) is 24.3 Å². The Labute approximate surface area is 110 Å². The molecule has 2 aromatic rings. The number of nitrogens with zero attached hydrogens (tertiary/aromatic N) is 1. The monoisotopic (exact) mass is 260 g/mol. The van der Waals surface area contributed by atoms with Gasteiger partial charge >= 0.3 is 5.97 Å². The summed E-state index contributed by atoms with van der Waals surface area (Å²) in [5.41, 5.74) is 2.02. The van der Waals surface area contributed by atoms with E-state index in [1.165, 1.54) is 7.11 Å². The van der Waals surface area contributed by atoms with Crippen molar-refractivity contribution in [3.05, 3.63) is 29.6 Å². The zero-order valence-corrected chi connectivity index (χ0v) is 10.8. The Hall–Kier alpha value is -1.88. The van der Waals surface area contributed by atoms with Gasteiger partial charge in [-0.1, -0.05) is 6.07 Å². The number of rotatable bonds is 3. The molecule has 1 aromatic carbocycles. The molecule has 1 atom stereocenters. The molecule has 0 spiro atoms. The Bertz CT molecular complexity index is 600. The third-order valence-corrected chi connectivity index (χ3v) is 3.41. The van der Waals surface area contributed by atoms with Crippen molar-refractivity contribution < 1.29 is 14.3 Å². The van der Waals surface area contributed by atoms with E-state index < -0.39 is 0 Å². The van der Waals surface area contributed by atoms with E-state index >= 15 is 0 Å². The molecule has 100 valence electrons. The number of imidazole rings is 1. The molecule has 0 aliphatic carbocycles. The highest BCUT2D eigenvalue weighted by atomic mass is 16.5. The second-order valence-electron chi connectivity index (χ2n) is 4.72. The fraction of sp³-hybridized carbons (Fsp3) is 0.429. The number of para-hydroxylation sites is 1. The summed E-state index contributed by atoms with van der Waals surface area (Å²) in [6.45, 7) is 0.832. The number of ether oxygens (including phenoxy) is 2. The number of H-pyrrole nitrogens is 1. The van der Waals surface area contributed by atoms with Gasteiger partial charge in [-0.05, 0) is 25.0 Å². The van der Waals surface area contributed by atoms with Crippen LogP contribution in [0.5, 0.6) is 0 Å². The highest BCUT2D eigenvalue weighted by molar-refractivity contribution is 6.01. The summed E-state index contributed by atoms with van der Waals surface area (Å²) in [6.07, 6.45) is 3.18. The van der Waals surface area contributed by atoms with Gasteiger partial charge in [0.2, 0.25) is 0 Å². The predicted molar refractivity (Wildman–Crippen MR) is 70.1 cm³/mol. The maximum Gasteiger partial charge on any atom is 0.340 e. The van der Waals surface area contributed by atoms with Crippen molar-refractivity contribution in [3.63, 3.8) is 0 Å². The maximum atomic E-state index is 11.7. The van der Waals surface area contributed by atoms with Crippen LogP contribution in [-0.4, -0.2) is 35.8 Å². The van der Waals surface area contributed by atoms with Crippen molar-refractivity contribution in [1.82, 2.24) is 9.97 Å². The third kappa shape index (κ3) is 2.33. The summed E-state index contributed by atoms with van der Waals surface area (Å²) in [6, 6.07) is 5.46. The highest BCUT2D eigenvalue weighted by Gasteiger charge is 2.19. The minimum Gasteiger partial charge on any atom is -0.465 e. The Balaban J connectivity index is 1.93.